The monoisotopic (exact) mass is 318 g/mol. The molecule has 4 nitrogen and oxygen atoms in total. The smallest absolute Gasteiger partial charge is 0.346 e. The van der Waals surface area contributed by atoms with Crippen LogP contribution in [0.2, 0.25) is 0 Å². The fourth-order valence-electron chi connectivity index (χ4n) is 2.39. The normalized spacial score (nSPS) is 16.9. The molecule has 0 amide bonds. The van der Waals surface area contributed by atoms with Gasteiger partial charge < -0.3 is 10.4 Å². The Bertz CT molecular complexity index is 723. The first-order valence-electron chi connectivity index (χ1n) is 6.48. The maximum Gasteiger partial charge on any atom is 0.346 e. The lowest BCUT2D eigenvalue weighted by atomic mass is 10.1. The second kappa shape index (κ2) is 5.54. The number of carboxylic acid groups (broad SMARTS) is 1. The first-order valence-corrected chi connectivity index (χ1v) is 7.82. The van der Waals surface area contributed by atoms with Gasteiger partial charge in [0, 0.05) is 12.0 Å². The molecule has 1 unspecified atom stereocenters. The fourth-order valence-corrected chi connectivity index (χ4v) is 4.04. The molecule has 0 radical (unpaired) electrons. The Kier molecular flexibility index (Phi) is 3.73. The second-order valence-corrected chi connectivity index (χ2v) is 6.35. The highest BCUT2D eigenvalue weighted by molar-refractivity contribution is 7.80. The van der Waals surface area contributed by atoms with Gasteiger partial charge in [0.25, 0.3) is 0 Å². The number of hydrogen-bond acceptors (Lipinski definition) is 5. The number of nitrogens with one attached hydrogen (secondary N) is 1. The largest absolute Gasteiger partial charge is 0.477 e. The molecule has 0 saturated carbocycles. The number of thiophene rings is 1. The van der Waals surface area contributed by atoms with Crippen molar-refractivity contribution in [3.05, 3.63) is 51.9 Å². The van der Waals surface area contributed by atoms with Crippen LogP contribution in [0.4, 0.5) is 5.00 Å². The Morgan fingerprint density at radius 2 is 2.14 bits per heavy atom. The molecule has 0 fully saturated rings. The van der Waals surface area contributed by atoms with Crippen molar-refractivity contribution in [1.29, 1.82) is 0 Å². The van der Waals surface area contributed by atoms with E-state index in [4.69, 9.17) is 0 Å². The topological polar surface area (TPSA) is 61.7 Å². The zero-order valence-corrected chi connectivity index (χ0v) is 13.0. The van der Waals surface area contributed by atoms with Crippen molar-refractivity contribution in [2.45, 2.75) is 18.7 Å². The zero-order valence-electron chi connectivity index (χ0n) is 11.3. The van der Waals surface area contributed by atoms with Gasteiger partial charge in [-0.2, -0.15) is 0 Å². The van der Waals surface area contributed by atoms with Crippen LogP contribution in [-0.2, 0) is 6.42 Å². The lowest BCUT2D eigenvalue weighted by Gasteiger charge is -2.20. The number of anilines is 1. The molecule has 2 heterocycles. The minimum atomic E-state index is -0.904. The van der Waals surface area contributed by atoms with Crippen LogP contribution < -0.4 is 5.32 Å². The average molecular weight is 318 g/mol. The molecule has 108 valence electrons. The molecule has 0 spiro atoms. The summed E-state index contributed by atoms with van der Waals surface area (Å²) < 4.78 is 0. The first kappa shape index (κ1) is 14.2. The van der Waals surface area contributed by atoms with Gasteiger partial charge in [-0.15, -0.1) is 24.0 Å². The molecular weight excluding hydrogens is 304 g/mol. The minimum absolute atomic E-state index is 0.315. The summed E-state index contributed by atoms with van der Waals surface area (Å²) in [7, 11) is 0. The van der Waals surface area contributed by atoms with Crippen LogP contribution in [0.25, 0.3) is 0 Å². The molecule has 1 atom stereocenters. The van der Waals surface area contributed by atoms with Crippen LogP contribution in [0.3, 0.4) is 0 Å². The molecule has 21 heavy (non-hydrogen) atoms. The molecule has 1 aliphatic rings. The molecule has 3 rings (SSSR count). The van der Waals surface area contributed by atoms with Crippen LogP contribution in [-0.4, -0.2) is 16.9 Å². The van der Waals surface area contributed by atoms with E-state index >= 15 is 0 Å². The van der Waals surface area contributed by atoms with Crippen LogP contribution in [0.1, 0.15) is 31.7 Å². The number of carbonyl (C=O) groups is 1. The minimum Gasteiger partial charge on any atom is -0.477 e. The predicted molar refractivity (Wildman–Crippen MR) is 88.9 cm³/mol. The first-order chi connectivity index (χ1) is 10.1. The summed E-state index contributed by atoms with van der Waals surface area (Å²) in [6.07, 6.45) is 0.677. The van der Waals surface area contributed by atoms with Gasteiger partial charge in [0.2, 0.25) is 0 Å². The molecule has 1 aromatic carbocycles. The van der Waals surface area contributed by atoms with E-state index in [-0.39, 0.29) is 5.37 Å². The molecular formula is C15H14N2O2S2. The summed E-state index contributed by atoms with van der Waals surface area (Å²) in [5, 5.41) is 13.0. The van der Waals surface area contributed by atoms with Gasteiger partial charge >= 0.3 is 5.97 Å². The van der Waals surface area contributed by atoms with Crippen molar-refractivity contribution in [2.24, 2.45) is 4.99 Å². The number of hydrogen-bond donors (Lipinski definition) is 3. The van der Waals surface area contributed by atoms with E-state index in [0.29, 0.717) is 11.3 Å². The maximum atomic E-state index is 11.2. The van der Waals surface area contributed by atoms with Crippen molar-refractivity contribution in [1.82, 2.24) is 0 Å². The van der Waals surface area contributed by atoms with E-state index in [1.54, 1.807) is 6.92 Å². The van der Waals surface area contributed by atoms with Crippen molar-refractivity contribution < 1.29 is 9.90 Å². The summed E-state index contributed by atoms with van der Waals surface area (Å²) in [6.45, 7) is 1.81. The van der Waals surface area contributed by atoms with Gasteiger partial charge in [0.1, 0.15) is 21.1 Å². The van der Waals surface area contributed by atoms with Gasteiger partial charge in [-0.1, -0.05) is 30.3 Å². The number of nitrogens with zero attached hydrogens (tertiary/aromatic N) is 1. The number of thiol groups is 1. The molecule has 0 aliphatic carbocycles. The molecule has 0 bridgehead atoms. The predicted octanol–water partition coefficient (Wildman–Crippen LogP) is 3.75. The van der Waals surface area contributed by atoms with Gasteiger partial charge in [-0.3, -0.25) is 4.99 Å². The standard InChI is InChI=1S/C15H14N2O2S2/c1-8-11-13(20)16-10(7-9-5-3-2-4-6-9)17-14(11)21-12(8)15(18)19/h2-6,13,20H,7H2,1H3,(H,16,17)(H,18,19). The fraction of sp³-hybridized carbons (Fsp3) is 0.200. The Morgan fingerprint density at radius 3 is 2.81 bits per heavy atom. The summed E-state index contributed by atoms with van der Waals surface area (Å²) in [6, 6.07) is 10.0. The zero-order chi connectivity index (χ0) is 15.0. The van der Waals surface area contributed by atoms with Gasteiger partial charge in [0.15, 0.2) is 0 Å². The van der Waals surface area contributed by atoms with Crippen LogP contribution in [0.5, 0.6) is 0 Å². The number of benzene rings is 1. The van der Waals surface area contributed by atoms with E-state index in [9.17, 15) is 9.90 Å². The molecule has 6 heteroatoms. The Balaban J connectivity index is 1.90. The Hall–Kier alpha value is -1.79. The number of carboxylic acids is 1. The van der Waals surface area contributed by atoms with Gasteiger partial charge in [0.05, 0.1) is 0 Å². The highest BCUT2D eigenvalue weighted by Crippen LogP contribution is 2.42. The summed E-state index contributed by atoms with van der Waals surface area (Å²) in [5.74, 6) is -0.0919. The van der Waals surface area contributed by atoms with E-state index in [0.717, 1.165) is 27.5 Å². The van der Waals surface area contributed by atoms with Crippen molar-refractivity contribution in [2.75, 3.05) is 5.32 Å². The lowest BCUT2D eigenvalue weighted by molar-refractivity contribution is 0.0701. The van der Waals surface area contributed by atoms with E-state index < -0.39 is 5.97 Å². The Morgan fingerprint density at radius 1 is 1.43 bits per heavy atom. The lowest BCUT2D eigenvalue weighted by Crippen LogP contribution is -2.20. The van der Waals surface area contributed by atoms with Crippen LogP contribution >= 0.6 is 24.0 Å². The highest BCUT2D eigenvalue weighted by atomic mass is 32.1. The van der Waals surface area contributed by atoms with Gasteiger partial charge in [-0.25, -0.2) is 4.79 Å². The second-order valence-electron chi connectivity index (χ2n) is 4.84. The number of amidine groups is 1. The average Bonchev–Trinajstić information content (AvgIpc) is 2.77. The molecule has 1 aliphatic heterocycles. The SMILES string of the molecule is Cc1c(C(=O)O)sc2c1C(S)N=C(Cc1ccccc1)N2. The van der Waals surface area contributed by atoms with Crippen LogP contribution in [0, 0.1) is 6.92 Å². The highest BCUT2D eigenvalue weighted by Gasteiger charge is 2.27. The van der Waals surface area contributed by atoms with Crippen molar-refractivity contribution in [3.8, 4) is 0 Å². The summed E-state index contributed by atoms with van der Waals surface area (Å²) in [4.78, 5) is 16.1. The van der Waals surface area contributed by atoms with E-state index in [2.05, 4.69) is 22.9 Å². The molecule has 2 aromatic rings. The quantitative estimate of drug-likeness (QED) is 0.755. The van der Waals surface area contributed by atoms with Crippen molar-refractivity contribution in [3.63, 3.8) is 0 Å². The Labute approximate surface area is 132 Å². The molecule has 1 aromatic heterocycles. The number of fused-ring (bicyclic) bond motifs is 1. The number of rotatable bonds is 3. The van der Waals surface area contributed by atoms with Crippen LogP contribution in [0.15, 0.2) is 35.3 Å². The molecule has 2 N–H and O–H groups in total. The van der Waals surface area contributed by atoms with Gasteiger partial charge in [-0.05, 0) is 18.1 Å². The maximum absolute atomic E-state index is 11.2. The van der Waals surface area contributed by atoms with E-state index in [1.165, 1.54) is 11.3 Å². The van der Waals surface area contributed by atoms with Crippen molar-refractivity contribution >= 4 is 40.8 Å². The molecule has 0 saturated heterocycles. The number of aromatic carboxylic acids is 1. The summed E-state index contributed by atoms with van der Waals surface area (Å²) in [5.41, 5.74) is 2.77. The third kappa shape index (κ3) is 2.69. The van der Waals surface area contributed by atoms with E-state index in [1.807, 2.05) is 30.3 Å². The summed E-state index contributed by atoms with van der Waals surface area (Å²) >= 11 is 5.75. The number of aliphatic imine (C=N–C) groups is 1. The third-order valence-corrected chi connectivity index (χ3v) is 4.98. The third-order valence-electron chi connectivity index (χ3n) is 3.40.